The van der Waals surface area contributed by atoms with Gasteiger partial charge in [-0.15, -0.1) is 0 Å². The topological polar surface area (TPSA) is 134 Å². The van der Waals surface area contributed by atoms with Crippen molar-refractivity contribution in [1.82, 2.24) is 0 Å². The summed E-state index contributed by atoms with van der Waals surface area (Å²) in [4.78, 5) is 35.2. The molecule has 0 amide bonds. The van der Waals surface area contributed by atoms with Crippen molar-refractivity contribution in [3.8, 4) is 0 Å². The van der Waals surface area contributed by atoms with Crippen LogP contribution in [-0.4, -0.2) is 49.3 Å². The average Bonchev–Trinajstić information content (AvgIpc) is 3.34. The number of ether oxygens (including phenoxy) is 2. The third kappa shape index (κ3) is 56.2. The molecule has 0 heterocycles. The lowest BCUT2D eigenvalue weighted by atomic mass is 10.0. The summed E-state index contributed by atoms with van der Waals surface area (Å²) in [6, 6.07) is 0. The number of phosphoric ester groups is 1. The van der Waals surface area contributed by atoms with Crippen LogP contribution in [0.3, 0.4) is 0 Å². The molecule has 2 atom stereocenters. The van der Waals surface area contributed by atoms with E-state index in [1.54, 1.807) is 0 Å². The molecule has 0 fully saturated rings. The number of hydrogen-bond donors (Lipinski definition) is 2. The van der Waals surface area contributed by atoms with Gasteiger partial charge in [0.15, 0.2) is 6.10 Å². The van der Waals surface area contributed by atoms with Gasteiger partial charge in [0.1, 0.15) is 6.61 Å². The number of carbonyl (C=O) groups is 2. The van der Waals surface area contributed by atoms with Gasteiger partial charge in [-0.2, -0.15) is 0 Å². The number of esters is 2. The quantitative estimate of drug-likeness (QED) is 0.0347. The van der Waals surface area contributed by atoms with Gasteiger partial charge in [-0.25, -0.2) is 4.57 Å². The highest BCUT2D eigenvalue weighted by Crippen LogP contribution is 2.43. The molecule has 0 aromatic heterocycles. The van der Waals surface area contributed by atoms with Crippen LogP contribution in [0.4, 0.5) is 0 Å². The maximum Gasteiger partial charge on any atom is 0.472 e. The van der Waals surface area contributed by atoms with E-state index in [1.165, 1.54) is 270 Å². The zero-order valence-electron chi connectivity index (χ0n) is 46.1. The van der Waals surface area contributed by atoms with Crippen LogP contribution in [0.2, 0.25) is 0 Å². The molecule has 69 heavy (non-hydrogen) atoms. The van der Waals surface area contributed by atoms with Crippen molar-refractivity contribution in [3.05, 3.63) is 0 Å². The zero-order chi connectivity index (χ0) is 50.2. The molecule has 0 saturated carbocycles. The van der Waals surface area contributed by atoms with Gasteiger partial charge >= 0.3 is 19.8 Å². The summed E-state index contributed by atoms with van der Waals surface area (Å²) in [5, 5.41) is 0. The predicted molar refractivity (Wildman–Crippen MR) is 294 cm³/mol. The summed E-state index contributed by atoms with van der Waals surface area (Å²) in [6.45, 7) is 3.83. The van der Waals surface area contributed by atoms with Crippen LogP contribution in [0.25, 0.3) is 0 Å². The van der Waals surface area contributed by atoms with Crippen molar-refractivity contribution in [3.63, 3.8) is 0 Å². The average molecular weight is 1000 g/mol. The van der Waals surface area contributed by atoms with E-state index >= 15 is 0 Å². The molecular formula is C59H118NO8P. The fraction of sp³-hybridized carbons (Fsp3) is 0.966. The van der Waals surface area contributed by atoms with Gasteiger partial charge in [-0.05, 0) is 12.8 Å². The minimum Gasteiger partial charge on any atom is -0.462 e. The minimum atomic E-state index is -4.38. The second kappa shape index (κ2) is 56.3. The van der Waals surface area contributed by atoms with E-state index < -0.39 is 26.5 Å². The highest BCUT2D eigenvalue weighted by Gasteiger charge is 2.26. The maximum absolute atomic E-state index is 12.7. The monoisotopic (exact) mass is 1000 g/mol. The molecule has 0 aliphatic carbocycles. The van der Waals surface area contributed by atoms with Gasteiger partial charge in [0.2, 0.25) is 0 Å². The van der Waals surface area contributed by atoms with E-state index in [4.69, 9.17) is 24.3 Å². The lowest BCUT2D eigenvalue weighted by Crippen LogP contribution is -2.29. The Morgan fingerprint density at radius 3 is 0.884 bits per heavy atom. The molecule has 0 bridgehead atoms. The van der Waals surface area contributed by atoms with Crippen LogP contribution in [0.5, 0.6) is 0 Å². The summed E-state index contributed by atoms with van der Waals surface area (Å²) in [5.41, 5.74) is 5.39. The first-order valence-corrected chi connectivity index (χ1v) is 32.0. The summed E-state index contributed by atoms with van der Waals surface area (Å²) >= 11 is 0. The fourth-order valence-corrected chi connectivity index (χ4v) is 10.2. The summed E-state index contributed by atoms with van der Waals surface area (Å²) in [6.07, 6.45) is 63.1. The first-order valence-electron chi connectivity index (χ1n) is 30.5. The van der Waals surface area contributed by atoms with Crippen LogP contribution in [0.15, 0.2) is 0 Å². The van der Waals surface area contributed by atoms with Crippen molar-refractivity contribution in [2.75, 3.05) is 26.4 Å². The second-order valence-corrected chi connectivity index (χ2v) is 22.4. The molecular weight excluding hydrogens is 882 g/mol. The van der Waals surface area contributed by atoms with Gasteiger partial charge in [0.25, 0.3) is 0 Å². The van der Waals surface area contributed by atoms with Crippen molar-refractivity contribution in [2.45, 2.75) is 341 Å². The molecule has 9 nitrogen and oxygen atoms in total. The third-order valence-electron chi connectivity index (χ3n) is 14.0. The highest BCUT2D eigenvalue weighted by molar-refractivity contribution is 7.47. The smallest absolute Gasteiger partial charge is 0.462 e. The van der Waals surface area contributed by atoms with Gasteiger partial charge in [-0.3, -0.25) is 18.6 Å². The summed E-state index contributed by atoms with van der Waals surface area (Å²) in [5.74, 6) is -0.800. The predicted octanol–water partition coefficient (Wildman–Crippen LogP) is 19.1. The molecule has 0 aliphatic rings. The first kappa shape index (κ1) is 68.0. The van der Waals surface area contributed by atoms with Crippen LogP contribution >= 0.6 is 7.82 Å². The number of unbranched alkanes of at least 4 members (excludes halogenated alkanes) is 46. The number of hydrogen-bond acceptors (Lipinski definition) is 8. The van der Waals surface area contributed by atoms with Crippen molar-refractivity contribution in [2.24, 2.45) is 5.73 Å². The second-order valence-electron chi connectivity index (χ2n) is 20.9. The molecule has 0 rings (SSSR count). The van der Waals surface area contributed by atoms with E-state index in [9.17, 15) is 19.0 Å². The lowest BCUT2D eigenvalue weighted by molar-refractivity contribution is -0.161. The zero-order valence-corrected chi connectivity index (χ0v) is 47.0. The van der Waals surface area contributed by atoms with Crippen LogP contribution in [-0.2, 0) is 32.7 Å². The molecule has 10 heteroatoms. The Morgan fingerprint density at radius 2 is 0.623 bits per heavy atom. The van der Waals surface area contributed by atoms with Gasteiger partial charge < -0.3 is 20.1 Å². The van der Waals surface area contributed by atoms with Crippen LogP contribution in [0, 0.1) is 0 Å². The number of phosphoric acid groups is 1. The molecule has 0 aromatic carbocycles. The lowest BCUT2D eigenvalue weighted by Gasteiger charge is -2.19. The van der Waals surface area contributed by atoms with Crippen LogP contribution in [0.1, 0.15) is 335 Å². The normalized spacial score (nSPS) is 12.9. The van der Waals surface area contributed by atoms with Gasteiger partial charge in [-0.1, -0.05) is 309 Å². The molecule has 0 radical (unpaired) electrons. The fourth-order valence-electron chi connectivity index (χ4n) is 9.46. The molecule has 0 saturated heterocycles. The molecule has 412 valence electrons. The molecule has 3 N–H and O–H groups in total. The molecule has 2 unspecified atom stereocenters. The molecule has 0 spiro atoms. The third-order valence-corrected chi connectivity index (χ3v) is 15.0. The SMILES string of the molecule is CCCCCCCCCCCCCCCCCCCCCCCCCCCC(=O)OC(COC(=O)CCCCCCCCCCCCCCCCCCCCCCCCC)COP(=O)(O)OCCN. The summed E-state index contributed by atoms with van der Waals surface area (Å²) < 4.78 is 33.1. The molecule has 0 aliphatic heterocycles. The van der Waals surface area contributed by atoms with E-state index in [1.807, 2.05) is 0 Å². The van der Waals surface area contributed by atoms with Crippen LogP contribution < -0.4 is 5.73 Å². The van der Waals surface area contributed by atoms with Crippen molar-refractivity contribution in [1.29, 1.82) is 0 Å². The minimum absolute atomic E-state index is 0.0587. The maximum atomic E-state index is 12.7. The van der Waals surface area contributed by atoms with Crippen molar-refractivity contribution >= 4 is 19.8 Å². The number of nitrogens with two attached hydrogens (primary N) is 1. The Morgan fingerprint density at radius 1 is 0.377 bits per heavy atom. The van der Waals surface area contributed by atoms with Gasteiger partial charge in [0, 0.05) is 19.4 Å². The Labute approximate surface area is 428 Å². The Kier molecular flexibility index (Phi) is 55.5. The van der Waals surface area contributed by atoms with Crippen molar-refractivity contribution < 1.29 is 37.6 Å². The van der Waals surface area contributed by atoms with Gasteiger partial charge in [0.05, 0.1) is 13.2 Å². The largest absolute Gasteiger partial charge is 0.472 e. The van der Waals surface area contributed by atoms with E-state index in [0.717, 1.165) is 32.1 Å². The van der Waals surface area contributed by atoms with E-state index in [2.05, 4.69) is 13.8 Å². The number of carbonyl (C=O) groups excluding carboxylic acids is 2. The Bertz CT molecular complexity index is 1090. The van der Waals surface area contributed by atoms with E-state index in [-0.39, 0.29) is 32.1 Å². The Hall–Kier alpha value is -0.990. The molecule has 0 aromatic rings. The highest BCUT2D eigenvalue weighted by atomic mass is 31.2. The summed E-state index contributed by atoms with van der Waals surface area (Å²) in [7, 11) is -4.38. The first-order chi connectivity index (χ1) is 33.8. The Balaban J connectivity index is 3.88. The van der Waals surface area contributed by atoms with E-state index in [0.29, 0.717) is 12.8 Å². The standard InChI is InChI=1S/C59H118NO8P/c1-3-5-7-9-11-13-15-17-19-21-23-25-27-28-30-32-34-36-38-40-42-44-46-48-50-52-59(62)68-57(56-67-69(63,64)66-54-53-60)55-65-58(61)51-49-47-45-43-41-39-37-35-33-31-29-26-24-22-20-18-16-14-12-10-8-6-4-2/h57H,3-56,60H2,1-2H3,(H,63,64). The number of rotatable bonds is 59.